The maximum absolute atomic E-state index is 12.6. The number of hydrogen-bond acceptors (Lipinski definition) is 3. The van der Waals surface area contributed by atoms with Crippen molar-refractivity contribution >= 4 is 29.9 Å². The van der Waals surface area contributed by atoms with Crippen molar-refractivity contribution in [2.75, 3.05) is 19.6 Å². The third-order valence-corrected chi connectivity index (χ3v) is 5.23. The summed E-state index contributed by atoms with van der Waals surface area (Å²) in [6, 6.07) is 15.3. The van der Waals surface area contributed by atoms with Crippen LogP contribution in [0.3, 0.4) is 0 Å². The van der Waals surface area contributed by atoms with E-state index < -0.39 is 0 Å². The number of nitrogens with zero attached hydrogens (tertiary/aromatic N) is 1. The molecule has 0 spiro atoms. The lowest BCUT2D eigenvalue weighted by Gasteiger charge is -2.22. The maximum Gasteiger partial charge on any atom is 0.227 e. The number of rotatable bonds is 6. The molecule has 3 rings (SSSR count). The van der Waals surface area contributed by atoms with Gasteiger partial charge in [-0.25, -0.2) is 0 Å². The molecular weight excluding hydrogens is 383 g/mol. The SMILES string of the molecule is CC1(CN)CCN(C(=O)Cc2cccc(OCc3ccc(Cl)cc3)c2)C1.Cl. The van der Waals surface area contributed by atoms with Crippen molar-refractivity contribution in [1.82, 2.24) is 4.90 Å². The van der Waals surface area contributed by atoms with Gasteiger partial charge in [0, 0.05) is 18.1 Å². The van der Waals surface area contributed by atoms with E-state index in [-0.39, 0.29) is 23.7 Å². The van der Waals surface area contributed by atoms with E-state index in [0.717, 1.165) is 36.4 Å². The molecule has 0 radical (unpaired) electrons. The first-order valence-corrected chi connectivity index (χ1v) is 9.29. The molecular formula is C21H26Cl2N2O2. The first-order valence-electron chi connectivity index (χ1n) is 8.91. The number of halogens is 2. The van der Waals surface area contributed by atoms with Crippen molar-refractivity contribution < 1.29 is 9.53 Å². The molecule has 146 valence electrons. The molecule has 2 aromatic rings. The summed E-state index contributed by atoms with van der Waals surface area (Å²) in [4.78, 5) is 14.5. The molecule has 4 nitrogen and oxygen atoms in total. The van der Waals surface area contributed by atoms with Crippen LogP contribution in [0.15, 0.2) is 48.5 Å². The summed E-state index contributed by atoms with van der Waals surface area (Å²) in [5.74, 6) is 0.912. The fourth-order valence-corrected chi connectivity index (χ4v) is 3.31. The van der Waals surface area contributed by atoms with Crippen LogP contribution < -0.4 is 10.5 Å². The average molecular weight is 409 g/mol. The van der Waals surface area contributed by atoms with E-state index in [1.54, 1.807) is 0 Å². The number of likely N-dealkylation sites (tertiary alicyclic amines) is 1. The van der Waals surface area contributed by atoms with Crippen molar-refractivity contribution in [1.29, 1.82) is 0 Å². The highest BCUT2D eigenvalue weighted by molar-refractivity contribution is 6.30. The summed E-state index contributed by atoms with van der Waals surface area (Å²) in [5.41, 5.74) is 7.90. The van der Waals surface area contributed by atoms with Crippen LogP contribution in [0.5, 0.6) is 5.75 Å². The molecule has 2 N–H and O–H groups in total. The van der Waals surface area contributed by atoms with Gasteiger partial charge in [0.15, 0.2) is 0 Å². The molecule has 2 aromatic carbocycles. The minimum atomic E-state index is 0. The lowest BCUT2D eigenvalue weighted by molar-refractivity contribution is -0.129. The fraction of sp³-hybridized carbons (Fsp3) is 0.381. The smallest absolute Gasteiger partial charge is 0.227 e. The summed E-state index contributed by atoms with van der Waals surface area (Å²) < 4.78 is 5.85. The van der Waals surface area contributed by atoms with Crippen molar-refractivity contribution in [2.24, 2.45) is 11.1 Å². The van der Waals surface area contributed by atoms with Crippen LogP contribution in [0.4, 0.5) is 0 Å². The standard InChI is InChI=1S/C21H25ClN2O2.ClH/c1-21(14-23)9-10-24(15-21)20(25)12-17-3-2-4-19(11-17)26-13-16-5-7-18(22)8-6-16;/h2-8,11H,9-10,12-15,23H2,1H3;1H. The Morgan fingerprint density at radius 3 is 2.63 bits per heavy atom. The van der Waals surface area contributed by atoms with E-state index in [2.05, 4.69) is 6.92 Å². The van der Waals surface area contributed by atoms with Gasteiger partial charge in [-0.3, -0.25) is 4.79 Å². The summed E-state index contributed by atoms with van der Waals surface area (Å²) in [6.45, 7) is 4.76. The van der Waals surface area contributed by atoms with Gasteiger partial charge in [-0.05, 0) is 53.8 Å². The van der Waals surface area contributed by atoms with Crippen LogP contribution in [0.1, 0.15) is 24.5 Å². The van der Waals surface area contributed by atoms with E-state index in [4.69, 9.17) is 22.1 Å². The predicted octanol–water partition coefficient (Wildman–Crippen LogP) is 4.08. The monoisotopic (exact) mass is 408 g/mol. The molecule has 0 saturated carbocycles. The Labute approximate surface area is 172 Å². The summed E-state index contributed by atoms with van der Waals surface area (Å²) in [7, 11) is 0. The second-order valence-electron chi connectivity index (χ2n) is 7.32. The molecule has 1 amide bonds. The second kappa shape index (κ2) is 9.45. The van der Waals surface area contributed by atoms with Crippen molar-refractivity contribution in [3.8, 4) is 5.75 Å². The third-order valence-electron chi connectivity index (χ3n) is 4.98. The first-order chi connectivity index (χ1) is 12.5. The van der Waals surface area contributed by atoms with Gasteiger partial charge in [-0.15, -0.1) is 12.4 Å². The number of amides is 1. The Balaban J connectivity index is 0.00000261. The number of benzene rings is 2. The Morgan fingerprint density at radius 1 is 1.22 bits per heavy atom. The number of carbonyl (C=O) groups is 1. The maximum atomic E-state index is 12.6. The van der Waals surface area contributed by atoms with Crippen LogP contribution in [-0.2, 0) is 17.8 Å². The molecule has 0 aliphatic carbocycles. The van der Waals surface area contributed by atoms with E-state index in [9.17, 15) is 4.79 Å². The van der Waals surface area contributed by atoms with Gasteiger partial charge < -0.3 is 15.4 Å². The van der Waals surface area contributed by atoms with Gasteiger partial charge >= 0.3 is 0 Å². The Bertz CT molecular complexity index is 767. The molecule has 27 heavy (non-hydrogen) atoms. The fourth-order valence-electron chi connectivity index (χ4n) is 3.18. The molecule has 1 unspecified atom stereocenters. The predicted molar refractivity (Wildman–Crippen MR) is 112 cm³/mol. The van der Waals surface area contributed by atoms with Gasteiger partial charge in [0.1, 0.15) is 12.4 Å². The van der Waals surface area contributed by atoms with Crippen LogP contribution in [0.25, 0.3) is 0 Å². The van der Waals surface area contributed by atoms with Crippen molar-refractivity contribution in [2.45, 2.75) is 26.4 Å². The summed E-state index contributed by atoms with van der Waals surface area (Å²) in [6.07, 6.45) is 1.36. The van der Waals surface area contributed by atoms with E-state index >= 15 is 0 Å². The van der Waals surface area contributed by atoms with E-state index in [1.165, 1.54) is 0 Å². The molecule has 0 bridgehead atoms. The average Bonchev–Trinajstić information content (AvgIpc) is 3.05. The zero-order valence-corrected chi connectivity index (χ0v) is 17.1. The zero-order chi connectivity index (χ0) is 18.6. The first kappa shape index (κ1) is 21.5. The van der Waals surface area contributed by atoms with Crippen LogP contribution in [0.2, 0.25) is 5.02 Å². The van der Waals surface area contributed by atoms with Crippen molar-refractivity contribution in [3.63, 3.8) is 0 Å². The molecule has 1 aliphatic rings. The van der Waals surface area contributed by atoms with Gasteiger partial charge in [0.05, 0.1) is 6.42 Å². The lowest BCUT2D eigenvalue weighted by atomic mass is 9.90. The number of hydrogen-bond donors (Lipinski definition) is 1. The molecule has 0 aromatic heterocycles. The zero-order valence-electron chi connectivity index (χ0n) is 15.5. The van der Waals surface area contributed by atoms with Crippen LogP contribution in [-0.4, -0.2) is 30.4 Å². The van der Waals surface area contributed by atoms with Gasteiger partial charge in [0.25, 0.3) is 0 Å². The molecule has 1 atom stereocenters. The Hall–Kier alpha value is -1.75. The molecule has 1 saturated heterocycles. The number of nitrogens with two attached hydrogens (primary N) is 1. The van der Waals surface area contributed by atoms with Crippen LogP contribution >= 0.6 is 24.0 Å². The minimum absolute atomic E-state index is 0. The highest BCUT2D eigenvalue weighted by Crippen LogP contribution is 2.29. The van der Waals surface area contributed by atoms with E-state index in [0.29, 0.717) is 24.6 Å². The minimum Gasteiger partial charge on any atom is -0.489 e. The largest absolute Gasteiger partial charge is 0.489 e. The molecule has 1 heterocycles. The van der Waals surface area contributed by atoms with Gasteiger partial charge in [0.2, 0.25) is 5.91 Å². The van der Waals surface area contributed by atoms with Gasteiger partial charge in [-0.2, -0.15) is 0 Å². The van der Waals surface area contributed by atoms with E-state index in [1.807, 2.05) is 53.4 Å². The third kappa shape index (κ3) is 5.86. The molecule has 6 heteroatoms. The summed E-state index contributed by atoms with van der Waals surface area (Å²) >= 11 is 5.90. The summed E-state index contributed by atoms with van der Waals surface area (Å²) in [5, 5.41) is 0.710. The Morgan fingerprint density at radius 2 is 1.96 bits per heavy atom. The number of ether oxygens (including phenoxy) is 1. The van der Waals surface area contributed by atoms with Crippen LogP contribution in [0, 0.1) is 5.41 Å². The lowest BCUT2D eigenvalue weighted by Crippen LogP contribution is -2.35. The highest BCUT2D eigenvalue weighted by Gasteiger charge is 2.34. The molecule has 1 aliphatic heterocycles. The molecule has 1 fully saturated rings. The second-order valence-corrected chi connectivity index (χ2v) is 7.76. The quantitative estimate of drug-likeness (QED) is 0.782. The highest BCUT2D eigenvalue weighted by atomic mass is 35.5. The number of carbonyl (C=O) groups excluding carboxylic acids is 1. The van der Waals surface area contributed by atoms with Gasteiger partial charge in [-0.1, -0.05) is 42.8 Å². The Kier molecular flexibility index (Phi) is 7.54. The van der Waals surface area contributed by atoms with Crippen molar-refractivity contribution in [3.05, 3.63) is 64.7 Å². The topological polar surface area (TPSA) is 55.6 Å². The normalized spacial score (nSPS) is 18.9.